The zero-order chi connectivity index (χ0) is 21.0. The van der Waals surface area contributed by atoms with Gasteiger partial charge in [0.15, 0.2) is 5.96 Å². The van der Waals surface area contributed by atoms with Gasteiger partial charge in [-0.05, 0) is 23.1 Å². The third kappa shape index (κ3) is 8.96. The molecule has 0 spiro atoms. The van der Waals surface area contributed by atoms with Gasteiger partial charge in [0.05, 0.1) is 18.2 Å². The Labute approximate surface area is 206 Å². The van der Waals surface area contributed by atoms with Crippen molar-refractivity contribution < 1.29 is 4.74 Å². The molecule has 7 heteroatoms. The molecule has 2 N–H and O–H groups in total. The maximum atomic E-state index is 5.80. The van der Waals surface area contributed by atoms with E-state index >= 15 is 0 Å². The summed E-state index contributed by atoms with van der Waals surface area (Å²) in [7, 11) is 1.79. The minimum Gasteiger partial charge on any atom is -0.372 e. The molecule has 0 atom stereocenters. The van der Waals surface area contributed by atoms with Crippen LogP contribution in [0.1, 0.15) is 33.5 Å². The fourth-order valence-corrected chi connectivity index (χ4v) is 3.80. The van der Waals surface area contributed by atoms with Crippen LogP contribution in [0, 0.1) is 0 Å². The fraction of sp³-hybridized carbons (Fsp3) is 0.333. The average Bonchev–Trinajstić information content (AvgIpc) is 3.26. The predicted octanol–water partition coefficient (Wildman–Crippen LogP) is 4.95. The molecule has 31 heavy (non-hydrogen) atoms. The van der Waals surface area contributed by atoms with Gasteiger partial charge in [-0.1, -0.05) is 61.5 Å². The summed E-state index contributed by atoms with van der Waals surface area (Å²) in [5.41, 5.74) is 3.57. The minimum atomic E-state index is 0. The number of aromatic nitrogens is 1. The SMILES string of the molecule is CCc1cnc(CCNC(=NC)NCc2ccc(COCc3ccccc3)cc2)s1.I. The maximum Gasteiger partial charge on any atom is 0.191 e. The van der Waals surface area contributed by atoms with Crippen molar-refractivity contribution in [2.75, 3.05) is 13.6 Å². The molecule has 0 unspecified atom stereocenters. The number of aliphatic imine (C=N–C) groups is 1. The summed E-state index contributed by atoms with van der Waals surface area (Å²) in [5.74, 6) is 0.803. The Morgan fingerprint density at radius 2 is 1.65 bits per heavy atom. The van der Waals surface area contributed by atoms with Gasteiger partial charge < -0.3 is 15.4 Å². The molecule has 166 valence electrons. The van der Waals surface area contributed by atoms with Crippen molar-refractivity contribution in [2.45, 2.75) is 39.5 Å². The molecule has 0 aliphatic rings. The zero-order valence-corrected chi connectivity index (χ0v) is 21.3. The first-order chi connectivity index (χ1) is 14.8. The van der Waals surface area contributed by atoms with E-state index < -0.39 is 0 Å². The monoisotopic (exact) mass is 550 g/mol. The summed E-state index contributed by atoms with van der Waals surface area (Å²) in [5, 5.41) is 7.89. The van der Waals surface area contributed by atoms with Gasteiger partial charge in [0, 0.05) is 37.6 Å². The van der Waals surface area contributed by atoms with Gasteiger partial charge in [-0.15, -0.1) is 35.3 Å². The molecule has 0 saturated heterocycles. The number of aryl methyl sites for hydroxylation is 1. The van der Waals surface area contributed by atoms with Crippen molar-refractivity contribution in [3.63, 3.8) is 0 Å². The molecular weight excluding hydrogens is 519 g/mol. The molecule has 0 aliphatic carbocycles. The van der Waals surface area contributed by atoms with E-state index in [1.807, 2.05) is 24.4 Å². The van der Waals surface area contributed by atoms with Gasteiger partial charge in [0.2, 0.25) is 0 Å². The second kappa shape index (κ2) is 14.2. The Hall–Kier alpha value is -1.97. The Morgan fingerprint density at radius 3 is 2.29 bits per heavy atom. The van der Waals surface area contributed by atoms with E-state index in [0.29, 0.717) is 13.2 Å². The number of guanidine groups is 1. The quantitative estimate of drug-likeness (QED) is 0.213. The number of halogens is 1. The van der Waals surface area contributed by atoms with Crippen LogP contribution in [0.25, 0.3) is 0 Å². The number of thiazole rings is 1. The van der Waals surface area contributed by atoms with Crippen LogP contribution in [0.5, 0.6) is 0 Å². The van der Waals surface area contributed by atoms with E-state index in [0.717, 1.165) is 31.9 Å². The highest BCUT2D eigenvalue weighted by atomic mass is 127. The van der Waals surface area contributed by atoms with Crippen molar-refractivity contribution in [3.8, 4) is 0 Å². The van der Waals surface area contributed by atoms with Crippen LogP contribution in [0.3, 0.4) is 0 Å². The lowest BCUT2D eigenvalue weighted by Crippen LogP contribution is -2.37. The average molecular weight is 551 g/mol. The number of nitrogens with zero attached hydrogens (tertiary/aromatic N) is 2. The first-order valence-electron chi connectivity index (χ1n) is 10.3. The Balaban J connectivity index is 0.00000341. The third-order valence-corrected chi connectivity index (χ3v) is 5.87. The second-order valence-corrected chi connectivity index (χ2v) is 8.17. The number of rotatable bonds is 10. The lowest BCUT2D eigenvalue weighted by Gasteiger charge is -2.12. The highest BCUT2D eigenvalue weighted by Gasteiger charge is 2.03. The first-order valence-corrected chi connectivity index (χ1v) is 11.2. The summed E-state index contributed by atoms with van der Waals surface area (Å²) >= 11 is 1.79. The van der Waals surface area contributed by atoms with Crippen LogP contribution in [0.4, 0.5) is 0 Å². The van der Waals surface area contributed by atoms with Gasteiger partial charge in [0.1, 0.15) is 0 Å². The number of nitrogens with one attached hydrogen (secondary N) is 2. The molecule has 1 aromatic heterocycles. The Kier molecular flexibility index (Phi) is 11.6. The Morgan fingerprint density at radius 1 is 0.968 bits per heavy atom. The van der Waals surface area contributed by atoms with Gasteiger partial charge in [0.25, 0.3) is 0 Å². The van der Waals surface area contributed by atoms with E-state index in [-0.39, 0.29) is 24.0 Å². The number of hydrogen-bond acceptors (Lipinski definition) is 4. The van der Waals surface area contributed by atoms with Crippen LogP contribution >= 0.6 is 35.3 Å². The summed E-state index contributed by atoms with van der Waals surface area (Å²) in [6, 6.07) is 18.7. The molecule has 0 saturated carbocycles. The highest BCUT2D eigenvalue weighted by molar-refractivity contribution is 14.0. The molecule has 0 bridgehead atoms. The number of ether oxygens (including phenoxy) is 1. The number of benzene rings is 2. The van der Waals surface area contributed by atoms with Gasteiger partial charge in [-0.3, -0.25) is 4.99 Å². The van der Waals surface area contributed by atoms with Crippen molar-refractivity contribution in [1.82, 2.24) is 15.6 Å². The lowest BCUT2D eigenvalue weighted by atomic mass is 10.1. The first kappa shape index (κ1) is 25.3. The lowest BCUT2D eigenvalue weighted by molar-refractivity contribution is 0.107. The zero-order valence-electron chi connectivity index (χ0n) is 18.1. The fourth-order valence-electron chi connectivity index (χ4n) is 2.94. The van der Waals surface area contributed by atoms with E-state index in [9.17, 15) is 0 Å². The van der Waals surface area contributed by atoms with Gasteiger partial charge >= 0.3 is 0 Å². The van der Waals surface area contributed by atoms with E-state index in [2.05, 4.69) is 63.9 Å². The highest BCUT2D eigenvalue weighted by Crippen LogP contribution is 2.13. The molecule has 3 rings (SSSR count). The molecule has 5 nitrogen and oxygen atoms in total. The predicted molar refractivity (Wildman–Crippen MR) is 140 cm³/mol. The molecule has 1 heterocycles. The van der Waals surface area contributed by atoms with Crippen LogP contribution in [0.15, 0.2) is 65.8 Å². The topological polar surface area (TPSA) is 58.5 Å². The van der Waals surface area contributed by atoms with Crippen molar-refractivity contribution in [1.29, 1.82) is 0 Å². The normalized spacial score (nSPS) is 11.1. The van der Waals surface area contributed by atoms with Crippen molar-refractivity contribution >= 4 is 41.3 Å². The summed E-state index contributed by atoms with van der Waals surface area (Å²) in [4.78, 5) is 10.1. The Bertz CT molecular complexity index is 913. The minimum absolute atomic E-state index is 0. The molecule has 0 aliphatic heterocycles. The van der Waals surface area contributed by atoms with E-state index in [4.69, 9.17) is 4.74 Å². The van der Waals surface area contributed by atoms with E-state index in [1.54, 1.807) is 18.4 Å². The molecule has 3 aromatic rings. The molecule has 0 radical (unpaired) electrons. The second-order valence-electron chi connectivity index (χ2n) is 6.97. The van der Waals surface area contributed by atoms with Gasteiger partial charge in [-0.25, -0.2) is 4.98 Å². The van der Waals surface area contributed by atoms with Crippen molar-refractivity contribution in [3.05, 3.63) is 87.4 Å². The van der Waals surface area contributed by atoms with E-state index in [1.165, 1.54) is 26.6 Å². The summed E-state index contributed by atoms with van der Waals surface area (Å²) < 4.78 is 5.80. The standard InChI is InChI=1S/C24H30N4OS.HI/c1-3-22-16-27-23(30-22)13-14-26-24(25-2)28-15-19-9-11-21(12-10-19)18-29-17-20-7-5-4-6-8-20;/h4-12,16H,3,13-15,17-18H2,1-2H3,(H2,25,26,28);1H. The molecular formula is C24H31IN4OS. The number of hydrogen-bond donors (Lipinski definition) is 2. The third-order valence-electron chi connectivity index (χ3n) is 4.67. The summed E-state index contributed by atoms with van der Waals surface area (Å²) in [6.07, 6.45) is 3.93. The van der Waals surface area contributed by atoms with Crippen molar-refractivity contribution in [2.24, 2.45) is 4.99 Å². The smallest absolute Gasteiger partial charge is 0.191 e. The van der Waals surface area contributed by atoms with Crippen LogP contribution in [0.2, 0.25) is 0 Å². The largest absolute Gasteiger partial charge is 0.372 e. The van der Waals surface area contributed by atoms with Crippen LogP contribution in [-0.4, -0.2) is 24.5 Å². The molecule has 2 aromatic carbocycles. The van der Waals surface area contributed by atoms with Crippen LogP contribution < -0.4 is 10.6 Å². The maximum absolute atomic E-state index is 5.80. The van der Waals surface area contributed by atoms with Crippen LogP contribution in [-0.2, 0) is 37.3 Å². The summed E-state index contributed by atoms with van der Waals surface area (Å²) in [6.45, 7) is 4.94. The molecule has 0 amide bonds. The van der Waals surface area contributed by atoms with Gasteiger partial charge in [-0.2, -0.15) is 0 Å². The molecule has 0 fully saturated rings.